The lowest BCUT2D eigenvalue weighted by Gasteiger charge is -2.10. The SMILES string of the molecule is CC(C)NCc1cccc(OCCn2cncn2)c1. The van der Waals surface area contributed by atoms with Crippen molar-refractivity contribution < 1.29 is 4.74 Å². The third kappa shape index (κ3) is 4.71. The minimum Gasteiger partial charge on any atom is -0.492 e. The van der Waals surface area contributed by atoms with E-state index in [0.717, 1.165) is 12.3 Å². The Bertz CT molecular complexity index is 482. The van der Waals surface area contributed by atoms with Crippen LogP contribution in [-0.2, 0) is 13.1 Å². The van der Waals surface area contributed by atoms with Crippen molar-refractivity contribution in [2.75, 3.05) is 6.61 Å². The molecule has 0 spiro atoms. The molecule has 1 N–H and O–H groups in total. The van der Waals surface area contributed by atoms with Gasteiger partial charge in [-0.05, 0) is 17.7 Å². The molecule has 102 valence electrons. The van der Waals surface area contributed by atoms with Crippen LogP contribution in [0.2, 0.25) is 0 Å². The Balaban J connectivity index is 1.81. The lowest BCUT2D eigenvalue weighted by atomic mass is 10.2. The molecule has 0 aliphatic heterocycles. The van der Waals surface area contributed by atoms with Gasteiger partial charge in [-0.3, -0.25) is 0 Å². The van der Waals surface area contributed by atoms with Gasteiger partial charge in [-0.2, -0.15) is 5.10 Å². The van der Waals surface area contributed by atoms with E-state index in [9.17, 15) is 0 Å². The Morgan fingerprint density at radius 2 is 2.26 bits per heavy atom. The smallest absolute Gasteiger partial charge is 0.137 e. The largest absolute Gasteiger partial charge is 0.492 e. The van der Waals surface area contributed by atoms with E-state index in [-0.39, 0.29) is 0 Å². The molecule has 0 aliphatic rings. The lowest BCUT2D eigenvalue weighted by molar-refractivity contribution is 0.291. The highest BCUT2D eigenvalue weighted by Crippen LogP contribution is 2.13. The fourth-order valence-corrected chi connectivity index (χ4v) is 1.67. The second kappa shape index (κ2) is 6.89. The van der Waals surface area contributed by atoms with Crippen molar-refractivity contribution in [2.45, 2.75) is 33.0 Å². The van der Waals surface area contributed by atoms with Gasteiger partial charge in [0, 0.05) is 12.6 Å². The Hall–Kier alpha value is -1.88. The zero-order chi connectivity index (χ0) is 13.5. The van der Waals surface area contributed by atoms with Gasteiger partial charge in [0.05, 0.1) is 6.54 Å². The van der Waals surface area contributed by atoms with Gasteiger partial charge in [-0.25, -0.2) is 9.67 Å². The molecule has 0 aliphatic carbocycles. The first kappa shape index (κ1) is 13.5. The van der Waals surface area contributed by atoms with Crippen molar-refractivity contribution >= 4 is 0 Å². The monoisotopic (exact) mass is 260 g/mol. The van der Waals surface area contributed by atoms with Crippen LogP contribution < -0.4 is 10.1 Å². The molecule has 0 bridgehead atoms. The molecule has 1 aromatic heterocycles. The van der Waals surface area contributed by atoms with Gasteiger partial charge in [-0.15, -0.1) is 0 Å². The molecule has 2 rings (SSSR count). The Morgan fingerprint density at radius 1 is 1.37 bits per heavy atom. The van der Waals surface area contributed by atoms with Gasteiger partial charge in [0.2, 0.25) is 0 Å². The number of benzene rings is 1. The molecule has 0 atom stereocenters. The average Bonchev–Trinajstić information content (AvgIpc) is 2.90. The number of rotatable bonds is 7. The zero-order valence-corrected chi connectivity index (χ0v) is 11.4. The third-order valence-electron chi connectivity index (χ3n) is 2.67. The normalized spacial score (nSPS) is 10.9. The summed E-state index contributed by atoms with van der Waals surface area (Å²) < 4.78 is 7.46. The highest BCUT2D eigenvalue weighted by molar-refractivity contribution is 5.28. The molecule has 0 fully saturated rings. The first-order chi connectivity index (χ1) is 9.24. The van der Waals surface area contributed by atoms with Gasteiger partial charge < -0.3 is 10.1 Å². The Labute approximate surface area is 113 Å². The number of ether oxygens (including phenoxy) is 1. The molecule has 0 saturated heterocycles. The van der Waals surface area contributed by atoms with Gasteiger partial charge >= 0.3 is 0 Å². The second-order valence-electron chi connectivity index (χ2n) is 4.69. The summed E-state index contributed by atoms with van der Waals surface area (Å²) >= 11 is 0. The topological polar surface area (TPSA) is 52.0 Å². The molecule has 0 amide bonds. The summed E-state index contributed by atoms with van der Waals surface area (Å²) in [7, 11) is 0. The Kier molecular flexibility index (Phi) is 4.92. The summed E-state index contributed by atoms with van der Waals surface area (Å²) in [5.41, 5.74) is 1.23. The number of hydrogen-bond donors (Lipinski definition) is 1. The summed E-state index contributed by atoms with van der Waals surface area (Å²) in [5.74, 6) is 0.892. The maximum absolute atomic E-state index is 5.71. The second-order valence-corrected chi connectivity index (χ2v) is 4.69. The summed E-state index contributed by atoms with van der Waals surface area (Å²) in [5, 5.41) is 7.42. The first-order valence-electron chi connectivity index (χ1n) is 6.51. The molecular formula is C14H20N4O. The Morgan fingerprint density at radius 3 is 3.00 bits per heavy atom. The van der Waals surface area contributed by atoms with E-state index in [4.69, 9.17) is 4.74 Å². The van der Waals surface area contributed by atoms with Crippen LogP contribution in [0.25, 0.3) is 0 Å². The molecule has 0 unspecified atom stereocenters. The fourth-order valence-electron chi connectivity index (χ4n) is 1.67. The number of hydrogen-bond acceptors (Lipinski definition) is 4. The van der Waals surface area contributed by atoms with E-state index in [0.29, 0.717) is 19.2 Å². The lowest BCUT2D eigenvalue weighted by Crippen LogP contribution is -2.21. The van der Waals surface area contributed by atoms with Crippen molar-refractivity contribution in [3.63, 3.8) is 0 Å². The predicted octanol–water partition coefficient (Wildman–Crippen LogP) is 1.86. The van der Waals surface area contributed by atoms with Crippen LogP contribution in [0.1, 0.15) is 19.4 Å². The van der Waals surface area contributed by atoms with E-state index in [1.165, 1.54) is 11.9 Å². The van der Waals surface area contributed by atoms with Crippen molar-refractivity contribution in [3.05, 3.63) is 42.5 Å². The van der Waals surface area contributed by atoms with Crippen LogP contribution in [0.5, 0.6) is 5.75 Å². The van der Waals surface area contributed by atoms with Crippen LogP contribution >= 0.6 is 0 Å². The van der Waals surface area contributed by atoms with Crippen LogP contribution in [0.3, 0.4) is 0 Å². The molecule has 0 radical (unpaired) electrons. The molecule has 5 heteroatoms. The van der Waals surface area contributed by atoms with Crippen LogP contribution in [-0.4, -0.2) is 27.4 Å². The van der Waals surface area contributed by atoms with Crippen molar-refractivity contribution in [2.24, 2.45) is 0 Å². The molecule has 2 aromatic rings. The van der Waals surface area contributed by atoms with Crippen LogP contribution in [0, 0.1) is 0 Å². The number of nitrogens with one attached hydrogen (secondary N) is 1. The average molecular weight is 260 g/mol. The maximum Gasteiger partial charge on any atom is 0.137 e. The van der Waals surface area contributed by atoms with Gasteiger partial charge in [-0.1, -0.05) is 26.0 Å². The minimum atomic E-state index is 0.483. The highest BCUT2D eigenvalue weighted by Gasteiger charge is 1.99. The summed E-state index contributed by atoms with van der Waals surface area (Å²) in [6, 6.07) is 8.63. The maximum atomic E-state index is 5.71. The number of nitrogens with zero attached hydrogens (tertiary/aromatic N) is 3. The van der Waals surface area contributed by atoms with Crippen molar-refractivity contribution in [1.29, 1.82) is 0 Å². The molecule has 0 saturated carbocycles. The van der Waals surface area contributed by atoms with E-state index >= 15 is 0 Å². The highest BCUT2D eigenvalue weighted by atomic mass is 16.5. The molecule has 1 heterocycles. The minimum absolute atomic E-state index is 0.483. The van der Waals surface area contributed by atoms with Gasteiger partial charge in [0.1, 0.15) is 25.0 Å². The van der Waals surface area contributed by atoms with E-state index in [1.807, 2.05) is 12.1 Å². The van der Waals surface area contributed by atoms with Gasteiger partial charge in [0.25, 0.3) is 0 Å². The van der Waals surface area contributed by atoms with Crippen molar-refractivity contribution in [3.8, 4) is 5.75 Å². The quantitative estimate of drug-likeness (QED) is 0.825. The molecule has 1 aromatic carbocycles. The zero-order valence-electron chi connectivity index (χ0n) is 11.4. The standard InChI is InChI=1S/C14H20N4O/c1-12(2)16-9-13-4-3-5-14(8-13)19-7-6-18-11-15-10-17-18/h3-5,8,10-12,16H,6-7,9H2,1-2H3. The van der Waals surface area contributed by atoms with Crippen molar-refractivity contribution in [1.82, 2.24) is 20.1 Å². The van der Waals surface area contributed by atoms with E-state index < -0.39 is 0 Å². The summed E-state index contributed by atoms with van der Waals surface area (Å²) in [4.78, 5) is 3.89. The van der Waals surface area contributed by atoms with Crippen LogP contribution in [0.15, 0.2) is 36.9 Å². The van der Waals surface area contributed by atoms with Gasteiger partial charge in [0.15, 0.2) is 0 Å². The molecule has 19 heavy (non-hydrogen) atoms. The molecular weight excluding hydrogens is 240 g/mol. The predicted molar refractivity (Wildman–Crippen MR) is 73.9 cm³/mol. The first-order valence-corrected chi connectivity index (χ1v) is 6.51. The van der Waals surface area contributed by atoms with Crippen LogP contribution in [0.4, 0.5) is 0 Å². The number of aromatic nitrogens is 3. The third-order valence-corrected chi connectivity index (χ3v) is 2.67. The fraction of sp³-hybridized carbons (Fsp3) is 0.429. The van der Waals surface area contributed by atoms with E-state index in [1.54, 1.807) is 11.0 Å². The summed E-state index contributed by atoms with van der Waals surface area (Å²) in [6.07, 6.45) is 3.21. The molecule has 5 nitrogen and oxygen atoms in total. The van der Waals surface area contributed by atoms with E-state index in [2.05, 4.69) is 41.4 Å². The summed E-state index contributed by atoms with van der Waals surface area (Å²) in [6.45, 7) is 6.42.